The van der Waals surface area contributed by atoms with E-state index in [2.05, 4.69) is 17.2 Å². The molecule has 1 aromatic rings. The Balaban J connectivity index is 0.00000128. The van der Waals surface area contributed by atoms with Gasteiger partial charge in [0.2, 0.25) is 0 Å². The minimum absolute atomic E-state index is 0. The van der Waals surface area contributed by atoms with Gasteiger partial charge in [-0.1, -0.05) is 0 Å². The van der Waals surface area contributed by atoms with Crippen molar-refractivity contribution in [3.8, 4) is 0 Å². The topological polar surface area (TPSA) is 50.2 Å². The van der Waals surface area contributed by atoms with Gasteiger partial charge in [0.25, 0.3) is 5.91 Å². The number of carbonyl (C=O) groups excluding carboxylic acids is 1. The first-order chi connectivity index (χ1) is 7.16. The van der Waals surface area contributed by atoms with Gasteiger partial charge < -0.3 is 14.8 Å². The zero-order valence-electron chi connectivity index (χ0n) is 9.51. The maximum absolute atomic E-state index is 12.0. The third kappa shape index (κ3) is 2.74. The highest BCUT2D eigenvalue weighted by Gasteiger charge is 2.22. The van der Waals surface area contributed by atoms with E-state index in [1.54, 1.807) is 17.1 Å². The Labute approximate surface area is 101 Å². The number of rotatable bonds is 1. The Morgan fingerprint density at radius 2 is 2.38 bits per heavy atom. The first-order valence-corrected chi connectivity index (χ1v) is 5.17. The second-order valence-electron chi connectivity index (χ2n) is 4.03. The molecule has 1 aromatic heterocycles. The summed E-state index contributed by atoms with van der Waals surface area (Å²) in [4.78, 5) is 17.9. The number of amides is 1. The number of hydrogen-bond donors (Lipinski definition) is 1. The Hall–Kier alpha value is -1.07. The van der Waals surface area contributed by atoms with Gasteiger partial charge in [0.1, 0.15) is 5.69 Å². The summed E-state index contributed by atoms with van der Waals surface area (Å²) in [7, 11) is 1.87. The standard InChI is InChI=1S/C10H16N4O.ClH/c1-8-5-14(4-3-11-8)10(15)9-6-13(2)7-12-9;/h6-8,11H,3-5H2,1-2H3;1H/t8-;/m1./s1. The lowest BCUT2D eigenvalue weighted by molar-refractivity contribution is 0.0703. The fourth-order valence-electron chi connectivity index (χ4n) is 1.80. The quantitative estimate of drug-likeness (QED) is 0.772. The van der Waals surface area contributed by atoms with E-state index in [9.17, 15) is 4.79 Å². The third-order valence-corrected chi connectivity index (χ3v) is 2.58. The molecule has 5 nitrogen and oxygen atoms in total. The van der Waals surface area contributed by atoms with Crippen LogP contribution in [0.4, 0.5) is 0 Å². The molecule has 1 aliphatic rings. The van der Waals surface area contributed by atoms with Gasteiger partial charge in [-0.25, -0.2) is 4.98 Å². The Morgan fingerprint density at radius 1 is 1.62 bits per heavy atom. The molecule has 1 N–H and O–H groups in total. The number of aromatic nitrogens is 2. The van der Waals surface area contributed by atoms with Crippen LogP contribution in [0, 0.1) is 0 Å². The number of nitrogens with one attached hydrogen (secondary N) is 1. The van der Waals surface area contributed by atoms with Gasteiger partial charge in [-0.2, -0.15) is 0 Å². The van der Waals surface area contributed by atoms with Crippen LogP contribution in [0.2, 0.25) is 0 Å². The van der Waals surface area contributed by atoms with E-state index in [1.807, 2.05) is 11.9 Å². The maximum atomic E-state index is 12.0. The second-order valence-corrected chi connectivity index (χ2v) is 4.03. The van der Waals surface area contributed by atoms with Gasteiger partial charge in [0.15, 0.2) is 0 Å². The molecule has 1 atom stereocenters. The predicted octanol–water partition coefficient (Wildman–Crippen LogP) is 0.276. The van der Waals surface area contributed by atoms with Crippen LogP contribution in [0.5, 0.6) is 0 Å². The number of hydrogen-bond acceptors (Lipinski definition) is 3. The minimum atomic E-state index is 0. The summed E-state index contributed by atoms with van der Waals surface area (Å²) in [6.07, 6.45) is 3.41. The molecule has 1 saturated heterocycles. The number of aryl methyl sites for hydroxylation is 1. The van der Waals surface area contributed by atoms with Crippen molar-refractivity contribution in [1.29, 1.82) is 0 Å². The monoisotopic (exact) mass is 244 g/mol. The summed E-state index contributed by atoms with van der Waals surface area (Å²) in [6, 6.07) is 0.367. The number of imidazole rings is 1. The lowest BCUT2D eigenvalue weighted by Gasteiger charge is -2.31. The zero-order valence-corrected chi connectivity index (χ0v) is 10.3. The summed E-state index contributed by atoms with van der Waals surface area (Å²) in [5, 5.41) is 3.30. The molecule has 90 valence electrons. The van der Waals surface area contributed by atoms with Gasteiger partial charge in [-0.15, -0.1) is 12.4 Å². The SMILES string of the molecule is C[C@@H]1CN(C(=O)c2cn(C)cn2)CCN1.Cl. The predicted molar refractivity (Wildman–Crippen MR) is 63.8 cm³/mol. The summed E-state index contributed by atoms with van der Waals surface area (Å²) in [5.74, 6) is 0.0314. The van der Waals surface area contributed by atoms with Gasteiger partial charge in [0.05, 0.1) is 6.33 Å². The highest BCUT2D eigenvalue weighted by atomic mass is 35.5. The van der Waals surface area contributed by atoms with E-state index in [1.165, 1.54) is 0 Å². The number of nitrogens with zero attached hydrogens (tertiary/aromatic N) is 3. The van der Waals surface area contributed by atoms with Crippen LogP contribution < -0.4 is 5.32 Å². The molecule has 0 spiro atoms. The van der Waals surface area contributed by atoms with Crippen molar-refractivity contribution < 1.29 is 4.79 Å². The fraction of sp³-hybridized carbons (Fsp3) is 0.600. The van der Waals surface area contributed by atoms with Crippen LogP contribution >= 0.6 is 12.4 Å². The van der Waals surface area contributed by atoms with E-state index in [4.69, 9.17) is 0 Å². The Morgan fingerprint density at radius 3 is 2.94 bits per heavy atom. The Bertz CT molecular complexity index is 365. The molecule has 1 amide bonds. The normalized spacial score (nSPS) is 20.4. The van der Waals surface area contributed by atoms with E-state index in [0.717, 1.165) is 19.6 Å². The van der Waals surface area contributed by atoms with Gasteiger partial charge in [0, 0.05) is 38.9 Å². The Kier molecular flexibility index (Phi) is 4.32. The first kappa shape index (κ1) is 13.0. The molecule has 0 unspecified atom stereocenters. The molecule has 0 aromatic carbocycles. The molecular formula is C10H17ClN4O. The van der Waals surface area contributed by atoms with Crippen molar-refractivity contribution in [3.05, 3.63) is 18.2 Å². The van der Waals surface area contributed by atoms with Crippen LogP contribution in [-0.4, -0.2) is 46.0 Å². The molecular weight excluding hydrogens is 228 g/mol. The average Bonchev–Trinajstić information content (AvgIpc) is 2.64. The van der Waals surface area contributed by atoms with Crippen LogP contribution in [-0.2, 0) is 7.05 Å². The van der Waals surface area contributed by atoms with Crippen molar-refractivity contribution in [2.45, 2.75) is 13.0 Å². The molecule has 16 heavy (non-hydrogen) atoms. The van der Waals surface area contributed by atoms with E-state index in [0.29, 0.717) is 11.7 Å². The summed E-state index contributed by atoms with van der Waals surface area (Å²) in [6.45, 7) is 4.47. The van der Waals surface area contributed by atoms with E-state index >= 15 is 0 Å². The molecule has 0 aliphatic carbocycles. The number of carbonyl (C=O) groups is 1. The van der Waals surface area contributed by atoms with Crippen LogP contribution in [0.1, 0.15) is 17.4 Å². The number of piperazine rings is 1. The van der Waals surface area contributed by atoms with Crippen LogP contribution in [0.25, 0.3) is 0 Å². The van der Waals surface area contributed by atoms with Gasteiger partial charge >= 0.3 is 0 Å². The molecule has 0 bridgehead atoms. The first-order valence-electron chi connectivity index (χ1n) is 5.17. The maximum Gasteiger partial charge on any atom is 0.274 e. The summed E-state index contributed by atoms with van der Waals surface area (Å²) in [5.41, 5.74) is 0.534. The third-order valence-electron chi connectivity index (χ3n) is 2.58. The van der Waals surface area contributed by atoms with Crippen molar-refractivity contribution >= 4 is 18.3 Å². The molecule has 2 heterocycles. The number of halogens is 1. The second kappa shape index (κ2) is 5.32. The molecule has 2 rings (SSSR count). The highest BCUT2D eigenvalue weighted by molar-refractivity contribution is 5.92. The lowest BCUT2D eigenvalue weighted by Crippen LogP contribution is -2.51. The van der Waals surface area contributed by atoms with Gasteiger partial charge in [-0.05, 0) is 6.92 Å². The zero-order chi connectivity index (χ0) is 10.8. The van der Waals surface area contributed by atoms with Crippen LogP contribution in [0.15, 0.2) is 12.5 Å². The summed E-state index contributed by atoms with van der Waals surface area (Å²) >= 11 is 0. The largest absolute Gasteiger partial charge is 0.340 e. The highest BCUT2D eigenvalue weighted by Crippen LogP contribution is 2.05. The minimum Gasteiger partial charge on any atom is -0.340 e. The lowest BCUT2D eigenvalue weighted by atomic mass is 10.2. The van der Waals surface area contributed by atoms with Crippen molar-refractivity contribution in [3.63, 3.8) is 0 Å². The smallest absolute Gasteiger partial charge is 0.274 e. The van der Waals surface area contributed by atoms with Gasteiger partial charge in [-0.3, -0.25) is 4.79 Å². The van der Waals surface area contributed by atoms with E-state index in [-0.39, 0.29) is 18.3 Å². The average molecular weight is 245 g/mol. The molecule has 1 fully saturated rings. The van der Waals surface area contributed by atoms with E-state index < -0.39 is 0 Å². The fourth-order valence-corrected chi connectivity index (χ4v) is 1.80. The van der Waals surface area contributed by atoms with Crippen molar-refractivity contribution in [1.82, 2.24) is 19.8 Å². The summed E-state index contributed by atoms with van der Waals surface area (Å²) < 4.78 is 1.79. The molecule has 1 aliphatic heterocycles. The molecule has 6 heteroatoms. The molecule has 0 saturated carbocycles. The van der Waals surface area contributed by atoms with Crippen molar-refractivity contribution in [2.75, 3.05) is 19.6 Å². The van der Waals surface area contributed by atoms with Crippen LogP contribution in [0.3, 0.4) is 0 Å². The van der Waals surface area contributed by atoms with Crippen molar-refractivity contribution in [2.24, 2.45) is 7.05 Å². The molecule has 0 radical (unpaired) electrons.